The molecule has 1 aliphatic heterocycles. The third-order valence-electron chi connectivity index (χ3n) is 6.63. The normalized spacial score (nSPS) is 15.5. The van der Waals surface area contributed by atoms with Gasteiger partial charge in [0.2, 0.25) is 15.9 Å². The van der Waals surface area contributed by atoms with Crippen LogP contribution in [0.5, 0.6) is 17.4 Å². The van der Waals surface area contributed by atoms with Crippen LogP contribution >= 0.6 is 0 Å². The highest BCUT2D eigenvalue weighted by atomic mass is 32.2. The van der Waals surface area contributed by atoms with Crippen LogP contribution in [0.4, 0.5) is 4.39 Å². The quantitative estimate of drug-likeness (QED) is 0.263. The van der Waals surface area contributed by atoms with Gasteiger partial charge in [-0.25, -0.2) is 17.5 Å². The van der Waals surface area contributed by atoms with E-state index >= 15 is 0 Å². The Kier molecular flexibility index (Phi) is 7.97. The largest absolute Gasteiger partial charge is 0.497 e. The van der Waals surface area contributed by atoms with Gasteiger partial charge in [-0.2, -0.15) is 9.40 Å². The molecule has 8 nitrogen and oxygen atoms in total. The maximum atomic E-state index is 14.0. The molecule has 4 aromatic rings. The lowest BCUT2D eigenvalue weighted by molar-refractivity contribution is 0.0925. The van der Waals surface area contributed by atoms with Crippen molar-refractivity contribution in [2.75, 3.05) is 20.3 Å². The molecular weight excluding hydrogens is 521 g/mol. The molecule has 10 heteroatoms. The third-order valence-corrected chi connectivity index (χ3v) is 8.45. The minimum atomic E-state index is -3.94. The fourth-order valence-corrected chi connectivity index (χ4v) is 6.04. The van der Waals surface area contributed by atoms with Crippen LogP contribution in [-0.2, 0) is 28.4 Å². The van der Waals surface area contributed by atoms with Crippen molar-refractivity contribution in [2.24, 2.45) is 7.05 Å². The molecule has 1 aliphatic rings. The Morgan fingerprint density at radius 3 is 2.36 bits per heavy atom. The zero-order valence-electron chi connectivity index (χ0n) is 21.8. The van der Waals surface area contributed by atoms with E-state index in [0.29, 0.717) is 35.2 Å². The van der Waals surface area contributed by atoms with E-state index < -0.39 is 10.0 Å². The molecule has 0 N–H and O–H groups in total. The number of nitrogens with zero attached hydrogens (tertiary/aromatic N) is 3. The summed E-state index contributed by atoms with van der Waals surface area (Å²) in [6, 6.07) is 21.5. The molecule has 5 rings (SSSR count). The highest BCUT2D eigenvalue weighted by Gasteiger charge is 2.32. The maximum absolute atomic E-state index is 14.0. The van der Waals surface area contributed by atoms with Crippen molar-refractivity contribution in [3.05, 3.63) is 90.2 Å². The summed E-state index contributed by atoms with van der Waals surface area (Å²) in [7, 11) is -0.677. The molecule has 0 bridgehead atoms. The summed E-state index contributed by atoms with van der Waals surface area (Å²) in [5.74, 6) is 0.950. The molecule has 0 radical (unpaired) electrons. The average Bonchev–Trinajstić information content (AvgIpc) is 3.58. The van der Waals surface area contributed by atoms with Crippen LogP contribution in [0.3, 0.4) is 0 Å². The van der Waals surface area contributed by atoms with Gasteiger partial charge in [0, 0.05) is 32.3 Å². The maximum Gasteiger partial charge on any atom is 0.243 e. The van der Waals surface area contributed by atoms with Gasteiger partial charge in [0.05, 0.1) is 23.7 Å². The zero-order chi connectivity index (χ0) is 27.4. The first-order chi connectivity index (χ1) is 18.8. The van der Waals surface area contributed by atoms with Crippen LogP contribution in [0.25, 0.3) is 11.3 Å². The van der Waals surface area contributed by atoms with Crippen LogP contribution < -0.4 is 9.47 Å². The topological polar surface area (TPSA) is 82.9 Å². The van der Waals surface area contributed by atoms with E-state index in [2.05, 4.69) is 0 Å². The minimum absolute atomic E-state index is 0.0111. The first-order valence-corrected chi connectivity index (χ1v) is 14.1. The highest BCUT2D eigenvalue weighted by molar-refractivity contribution is 7.89. The van der Waals surface area contributed by atoms with Gasteiger partial charge in [-0.05, 0) is 61.4 Å². The number of rotatable bonds is 10. The molecule has 0 unspecified atom stereocenters. The summed E-state index contributed by atoms with van der Waals surface area (Å²) in [4.78, 5) is 0.146. The molecule has 0 spiro atoms. The summed E-state index contributed by atoms with van der Waals surface area (Å²) in [5, 5.41) is 4.71. The Bertz CT molecular complexity index is 1500. The summed E-state index contributed by atoms with van der Waals surface area (Å²) >= 11 is 0. The fraction of sp³-hybridized carbons (Fsp3) is 0.276. The van der Waals surface area contributed by atoms with Crippen molar-refractivity contribution in [3.63, 3.8) is 0 Å². The molecule has 0 aliphatic carbocycles. The lowest BCUT2D eigenvalue weighted by atomic mass is 10.1. The molecule has 204 valence electrons. The number of methoxy groups -OCH3 is 1. The Morgan fingerprint density at radius 1 is 1.03 bits per heavy atom. The smallest absolute Gasteiger partial charge is 0.243 e. The van der Waals surface area contributed by atoms with Crippen molar-refractivity contribution in [1.29, 1.82) is 0 Å². The molecule has 1 aromatic heterocycles. The number of hydrogen-bond acceptors (Lipinski definition) is 6. The van der Waals surface area contributed by atoms with Gasteiger partial charge >= 0.3 is 0 Å². The van der Waals surface area contributed by atoms with Crippen molar-refractivity contribution in [3.8, 4) is 28.6 Å². The summed E-state index contributed by atoms with van der Waals surface area (Å²) < 4.78 is 61.8. The van der Waals surface area contributed by atoms with Gasteiger partial charge in [-0.1, -0.05) is 30.3 Å². The number of ether oxygens (including phenoxy) is 3. The lowest BCUT2D eigenvalue weighted by Crippen LogP contribution is -2.37. The van der Waals surface area contributed by atoms with Gasteiger partial charge in [-0.3, -0.25) is 0 Å². The molecule has 1 atom stereocenters. The van der Waals surface area contributed by atoms with Crippen molar-refractivity contribution >= 4 is 10.0 Å². The van der Waals surface area contributed by atoms with Gasteiger partial charge in [0.25, 0.3) is 0 Å². The van der Waals surface area contributed by atoms with Crippen molar-refractivity contribution < 1.29 is 27.0 Å². The number of hydrogen-bond donors (Lipinski definition) is 0. The molecule has 1 fully saturated rings. The molecular formula is C29H30FN3O5S. The monoisotopic (exact) mass is 551 g/mol. The number of aryl methyl sites for hydroxylation is 1. The molecule has 1 saturated heterocycles. The van der Waals surface area contributed by atoms with Gasteiger partial charge < -0.3 is 14.2 Å². The molecule has 3 aromatic carbocycles. The van der Waals surface area contributed by atoms with Crippen LogP contribution in [0.15, 0.2) is 83.8 Å². The van der Waals surface area contributed by atoms with Gasteiger partial charge in [-0.15, -0.1) is 0 Å². The predicted octanol–water partition coefficient (Wildman–Crippen LogP) is 5.40. The van der Waals surface area contributed by atoms with E-state index in [1.807, 2.05) is 30.3 Å². The van der Waals surface area contributed by atoms with Crippen molar-refractivity contribution in [2.45, 2.75) is 30.4 Å². The molecule has 0 saturated carbocycles. The minimum Gasteiger partial charge on any atom is -0.497 e. The van der Waals surface area contributed by atoms with Gasteiger partial charge in [0.1, 0.15) is 23.0 Å². The van der Waals surface area contributed by atoms with E-state index in [-0.39, 0.29) is 29.9 Å². The number of halogens is 1. The van der Waals surface area contributed by atoms with E-state index in [0.717, 1.165) is 18.4 Å². The number of aromatic nitrogens is 2. The van der Waals surface area contributed by atoms with Crippen molar-refractivity contribution in [1.82, 2.24) is 14.1 Å². The van der Waals surface area contributed by atoms with Crippen LogP contribution in [0, 0.1) is 5.82 Å². The lowest BCUT2D eigenvalue weighted by Gasteiger charge is -2.25. The zero-order valence-corrected chi connectivity index (χ0v) is 22.6. The molecule has 0 amide bonds. The van der Waals surface area contributed by atoms with E-state index in [1.165, 1.54) is 47.8 Å². The Balaban J connectivity index is 1.59. The second-order valence-corrected chi connectivity index (χ2v) is 11.2. The number of benzene rings is 3. The van der Waals surface area contributed by atoms with E-state index in [9.17, 15) is 12.8 Å². The first kappa shape index (κ1) is 26.9. The summed E-state index contributed by atoms with van der Waals surface area (Å²) in [6.07, 6.45) is 1.42. The van der Waals surface area contributed by atoms with Crippen LogP contribution in [0.1, 0.15) is 18.4 Å². The standard InChI is InChI=1S/C29H30FN3O5S/c1-32-29(38-24-12-10-22(30)11-13-24)27(28(31-32)21-7-4-3-5-8-21)20-33(19-25-9-6-18-37-25)39(34,35)26-16-14-23(36-2)15-17-26/h3-5,7-8,10-17,25H,6,9,18-20H2,1-2H3/t25-/m0/s1. The average molecular weight is 552 g/mol. The fourth-order valence-electron chi connectivity index (χ4n) is 4.60. The van der Waals surface area contributed by atoms with E-state index in [4.69, 9.17) is 19.3 Å². The number of sulfonamides is 1. The summed E-state index contributed by atoms with van der Waals surface area (Å²) in [6.45, 7) is 0.762. The first-order valence-electron chi connectivity index (χ1n) is 12.7. The van der Waals surface area contributed by atoms with Crippen LogP contribution in [-0.4, -0.2) is 48.9 Å². The Morgan fingerprint density at radius 2 is 1.72 bits per heavy atom. The second-order valence-electron chi connectivity index (χ2n) is 9.29. The molecule has 2 heterocycles. The van der Waals surface area contributed by atoms with Gasteiger partial charge in [0.15, 0.2) is 0 Å². The third kappa shape index (κ3) is 5.98. The van der Waals surface area contributed by atoms with Crippen LogP contribution in [0.2, 0.25) is 0 Å². The molecule has 39 heavy (non-hydrogen) atoms. The highest BCUT2D eigenvalue weighted by Crippen LogP contribution is 2.36. The Labute approximate surface area is 227 Å². The summed E-state index contributed by atoms with van der Waals surface area (Å²) in [5.41, 5.74) is 2.00. The van der Waals surface area contributed by atoms with E-state index in [1.54, 1.807) is 23.9 Å². The Hall–Kier alpha value is -3.73. The SMILES string of the molecule is COc1ccc(S(=O)(=O)N(Cc2c(-c3ccccc3)nn(C)c2Oc2ccc(F)cc2)C[C@@H]2CCCO2)cc1. The predicted molar refractivity (Wildman–Crippen MR) is 145 cm³/mol. The second kappa shape index (κ2) is 11.6.